The zero-order valence-electron chi connectivity index (χ0n) is 65.2. The summed E-state index contributed by atoms with van der Waals surface area (Å²) in [5.74, 6) is 0. The highest BCUT2D eigenvalue weighted by molar-refractivity contribution is 7.58. The summed E-state index contributed by atoms with van der Waals surface area (Å²) in [6, 6.07) is 90.7. The minimum Gasteiger partial charge on any atom is -0.374 e. The van der Waals surface area contributed by atoms with Gasteiger partial charge in [-0.15, -0.1) is 0 Å². The maximum Gasteiger partial charge on any atom is 0.207 e. The summed E-state index contributed by atoms with van der Waals surface area (Å²) in [7, 11) is -3.62. The molecule has 0 radical (unpaired) electrons. The highest BCUT2D eigenvalue weighted by atomic mass is 31.2. The molecule has 0 aromatic heterocycles. The van der Waals surface area contributed by atoms with Gasteiger partial charge in [-0.05, 0) is 56.5 Å². The van der Waals surface area contributed by atoms with Crippen molar-refractivity contribution in [1.82, 2.24) is 0 Å². The minimum atomic E-state index is -3.62. The van der Waals surface area contributed by atoms with Gasteiger partial charge in [-0.25, -0.2) is 0 Å². The van der Waals surface area contributed by atoms with Crippen LogP contribution >= 0.6 is 7.37 Å². The number of unbranched alkanes of at least 4 members (excludes halogenated alkanes) is 15. The highest BCUT2D eigenvalue weighted by Gasteiger charge is 2.52. The van der Waals surface area contributed by atoms with E-state index in [2.05, 4.69) is 6.92 Å². The van der Waals surface area contributed by atoms with Crippen molar-refractivity contribution in [3.63, 3.8) is 0 Å². The first-order valence-electron chi connectivity index (χ1n) is 40.9. The molecule has 0 amide bonds. The molecule has 11 atom stereocenters. The third kappa shape index (κ3) is 30.2. The predicted molar refractivity (Wildman–Crippen MR) is 439 cm³/mol. The second-order valence-electron chi connectivity index (χ2n) is 29.5. The third-order valence-corrected chi connectivity index (χ3v) is 23.1. The summed E-state index contributed by atoms with van der Waals surface area (Å²) in [5.41, 5.74) is 8.70. The van der Waals surface area contributed by atoms with E-state index in [4.69, 9.17) is 61.4 Å². The summed E-state index contributed by atoms with van der Waals surface area (Å²) in [4.78, 5) is 0. The van der Waals surface area contributed by atoms with Crippen molar-refractivity contribution in [2.45, 2.75) is 236 Å². The number of benzene rings is 9. The Hall–Kier alpha value is -7.31. The molecule has 111 heavy (non-hydrogen) atoms. The Balaban J connectivity index is 0.928. The SMILES string of the molecule is CCCCCCCCCCCCCCCCCCP(=O)(Cc1ccccc1)OC(CO[C@@H]1O[C@H](COCc2ccccc2)[C@@H](OCc2ccccc2)[C@H](OCc2ccccc2)[C@@H]1OCc1ccccc1)CO[C@@H]1O[C@H](COCc2ccccc2)[C@@H](OCc2ccccc2)[C@H](OCc2ccccc2)[C@@H]1OCc1ccccc1. The summed E-state index contributed by atoms with van der Waals surface area (Å²) in [6.07, 6.45) is 10.5. The van der Waals surface area contributed by atoms with Crippen molar-refractivity contribution in [3.8, 4) is 0 Å². The standard InChI is InChI=1S/C96H119O14P/c1-2-3-4-5-6-7-8-9-10-11-12-13-14-15-16-44-63-111(97,76-85-61-42-25-43-62-85)110-86(72-106-95-93(104-70-83-57-38-23-39-58-83)91(102-68-81-53-34-21-35-54-81)89(100-66-79-49-30-19-31-50-79)87(108-95)74-98-64-77-45-26-17-27-46-77)73-107-96-94(105-71-84-59-40-24-41-60-84)92(103-69-82-55-36-22-37-56-82)90(101-67-80-51-32-20-33-52-80)88(109-96)75-99-65-78-47-28-18-29-48-78/h17-43,45-62,86-96H,2-16,44,63-76H2,1H3/t87-,88-,89-,90-,91+,92+,93+,94+,95-,96-,111?/m1/s1. The maximum atomic E-state index is 16.5. The van der Waals surface area contributed by atoms with Crippen LogP contribution in [-0.4, -0.2) is 100 Å². The Morgan fingerprint density at radius 1 is 0.279 bits per heavy atom. The zero-order chi connectivity index (χ0) is 76.3. The lowest BCUT2D eigenvalue weighted by Gasteiger charge is -2.46. The number of rotatable bonds is 53. The van der Waals surface area contributed by atoms with Gasteiger partial charge in [0.05, 0.1) is 79.3 Å². The fourth-order valence-corrected chi connectivity index (χ4v) is 17.0. The first-order chi connectivity index (χ1) is 54.9. The van der Waals surface area contributed by atoms with E-state index in [-0.39, 0.29) is 72.2 Å². The second kappa shape index (κ2) is 49.3. The van der Waals surface area contributed by atoms with E-state index in [9.17, 15) is 0 Å². The van der Waals surface area contributed by atoms with Gasteiger partial charge >= 0.3 is 0 Å². The molecule has 0 aliphatic carbocycles. The van der Waals surface area contributed by atoms with Gasteiger partial charge in [0.15, 0.2) is 12.6 Å². The molecule has 2 heterocycles. The van der Waals surface area contributed by atoms with E-state index in [1.54, 1.807) is 0 Å². The van der Waals surface area contributed by atoms with Crippen LogP contribution in [0.4, 0.5) is 0 Å². The van der Waals surface area contributed by atoms with Crippen molar-refractivity contribution in [2.24, 2.45) is 0 Å². The van der Waals surface area contributed by atoms with Gasteiger partial charge in [0.2, 0.25) is 7.37 Å². The van der Waals surface area contributed by atoms with Crippen molar-refractivity contribution in [3.05, 3.63) is 323 Å². The van der Waals surface area contributed by atoms with E-state index < -0.39 is 74.9 Å². The van der Waals surface area contributed by atoms with E-state index in [0.717, 1.165) is 69.3 Å². The molecule has 0 bridgehead atoms. The van der Waals surface area contributed by atoms with Crippen molar-refractivity contribution >= 4 is 7.37 Å². The van der Waals surface area contributed by atoms with Crippen molar-refractivity contribution in [1.29, 1.82) is 0 Å². The average Bonchev–Trinajstić information content (AvgIpc) is 0.790. The van der Waals surface area contributed by atoms with Gasteiger partial charge in [0, 0.05) is 12.3 Å². The molecule has 9 aromatic rings. The molecule has 592 valence electrons. The lowest BCUT2D eigenvalue weighted by molar-refractivity contribution is -0.338. The molecule has 0 saturated carbocycles. The molecule has 9 aromatic carbocycles. The highest BCUT2D eigenvalue weighted by Crippen LogP contribution is 2.53. The molecule has 2 aliphatic heterocycles. The van der Waals surface area contributed by atoms with E-state index >= 15 is 4.57 Å². The van der Waals surface area contributed by atoms with E-state index in [1.165, 1.54) is 77.0 Å². The molecule has 2 aliphatic rings. The monoisotopic (exact) mass is 1530 g/mol. The second-order valence-corrected chi connectivity index (χ2v) is 32.1. The lowest BCUT2D eigenvalue weighted by atomic mass is 9.97. The first-order valence-corrected chi connectivity index (χ1v) is 42.9. The Kier molecular flexibility index (Phi) is 37.6. The summed E-state index contributed by atoms with van der Waals surface area (Å²) in [6.45, 7) is 4.17. The molecular formula is C96H119O14P. The summed E-state index contributed by atoms with van der Waals surface area (Å²) < 4.78 is 110. The molecule has 15 heteroatoms. The zero-order valence-corrected chi connectivity index (χ0v) is 66.1. The van der Waals surface area contributed by atoms with Gasteiger partial charge in [-0.2, -0.15) is 0 Å². The van der Waals surface area contributed by atoms with Crippen LogP contribution in [0.2, 0.25) is 0 Å². The molecule has 0 N–H and O–H groups in total. The molecule has 1 unspecified atom stereocenters. The number of ether oxygens (including phenoxy) is 12. The lowest BCUT2D eigenvalue weighted by Crippen LogP contribution is -2.62. The van der Waals surface area contributed by atoms with Gasteiger partial charge in [0.1, 0.15) is 54.9 Å². The third-order valence-electron chi connectivity index (χ3n) is 20.5. The van der Waals surface area contributed by atoms with Crippen LogP contribution in [0.1, 0.15) is 160 Å². The molecular weight excluding hydrogens is 1410 g/mol. The van der Waals surface area contributed by atoms with E-state index in [0.29, 0.717) is 25.8 Å². The van der Waals surface area contributed by atoms with Crippen LogP contribution in [0.5, 0.6) is 0 Å². The topological polar surface area (TPSA) is 137 Å². The Morgan fingerprint density at radius 2 is 0.523 bits per heavy atom. The Labute approximate surface area is 661 Å². The predicted octanol–water partition coefficient (Wildman–Crippen LogP) is 21.5. The van der Waals surface area contributed by atoms with Gasteiger partial charge in [-0.3, -0.25) is 4.57 Å². The summed E-state index contributed by atoms with van der Waals surface area (Å²) >= 11 is 0. The maximum absolute atomic E-state index is 16.5. The normalized spacial score (nSPS) is 20.5. The van der Waals surface area contributed by atoms with Crippen molar-refractivity contribution in [2.75, 3.05) is 32.6 Å². The number of hydrogen-bond donors (Lipinski definition) is 0. The number of hydrogen-bond acceptors (Lipinski definition) is 14. The van der Waals surface area contributed by atoms with E-state index in [1.807, 2.05) is 273 Å². The molecule has 11 rings (SSSR count). The smallest absolute Gasteiger partial charge is 0.207 e. The fourth-order valence-electron chi connectivity index (χ4n) is 14.5. The average molecular weight is 1530 g/mol. The van der Waals surface area contributed by atoms with Crippen LogP contribution in [0.15, 0.2) is 273 Å². The van der Waals surface area contributed by atoms with Crippen LogP contribution in [-0.2, 0) is 125 Å². The molecule has 0 spiro atoms. The van der Waals surface area contributed by atoms with Crippen LogP contribution in [0.3, 0.4) is 0 Å². The van der Waals surface area contributed by atoms with Crippen LogP contribution < -0.4 is 0 Å². The fraction of sp³-hybridized carbons (Fsp3) is 0.438. The molecule has 14 nitrogen and oxygen atoms in total. The van der Waals surface area contributed by atoms with Crippen LogP contribution in [0, 0.1) is 0 Å². The van der Waals surface area contributed by atoms with Gasteiger partial charge in [-0.1, -0.05) is 376 Å². The Morgan fingerprint density at radius 3 is 0.811 bits per heavy atom. The summed E-state index contributed by atoms with van der Waals surface area (Å²) in [5, 5.41) is 0. The van der Waals surface area contributed by atoms with Crippen LogP contribution in [0.25, 0.3) is 0 Å². The largest absolute Gasteiger partial charge is 0.374 e. The van der Waals surface area contributed by atoms with Gasteiger partial charge < -0.3 is 61.4 Å². The van der Waals surface area contributed by atoms with Crippen molar-refractivity contribution < 1.29 is 65.9 Å². The molecule has 2 saturated heterocycles. The minimum absolute atomic E-state index is 0.114. The Bertz CT molecular complexity index is 3670. The van der Waals surface area contributed by atoms with Gasteiger partial charge in [0.25, 0.3) is 0 Å². The molecule has 2 fully saturated rings. The first kappa shape index (κ1) is 84.6. The quantitative estimate of drug-likeness (QED) is 0.0264.